The fourth-order valence-corrected chi connectivity index (χ4v) is 2.21. The second-order valence-electron chi connectivity index (χ2n) is 2.08. The van der Waals surface area contributed by atoms with E-state index in [1.807, 2.05) is 0 Å². The third-order valence-corrected chi connectivity index (χ3v) is 2.58. The van der Waals surface area contributed by atoms with Crippen molar-refractivity contribution in [2.24, 2.45) is 0 Å². The van der Waals surface area contributed by atoms with Gasteiger partial charge in [0, 0.05) is 10.7 Å². The number of rotatable bonds is 0. The summed E-state index contributed by atoms with van der Waals surface area (Å²) in [5, 5.41) is 1.03. The monoisotopic (exact) mass is 275 g/mol. The number of pyridine rings is 1. The van der Waals surface area contributed by atoms with Crippen molar-refractivity contribution in [1.29, 1.82) is 0 Å². The summed E-state index contributed by atoms with van der Waals surface area (Å²) in [6, 6.07) is 0. The largest absolute Gasteiger partial charge is 0.461 e. The maximum absolute atomic E-state index is 5.19. The van der Waals surface area contributed by atoms with Crippen molar-refractivity contribution in [2.45, 2.75) is 0 Å². The van der Waals surface area contributed by atoms with E-state index in [2.05, 4.69) is 36.8 Å². The van der Waals surface area contributed by atoms with Gasteiger partial charge < -0.3 is 4.42 Å². The first-order chi connectivity index (χ1) is 5.29. The van der Waals surface area contributed by atoms with Gasteiger partial charge in [-0.05, 0) is 31.9 Å². The minimum absolute atomic E-state index is 0.784. The highest BCUT2D eigenvalue weighted by Crippen LogP contribution is 2.31. The fraction of sp³-hybridized carbons (Fsp3) is 0. The van der Waals surface area contributed by atoms with E-state index in [-0.39, 0.29) is 0 Å². The van der Waals surface area contributed by atoms with Crippen LogP contribution in [0.15, 0.2) is 32.0 Å². The van der Waals surface area contributed by atoms with E-state index >= 15 is 0 Å². The van der Waals surface area contributed by atoms with Gasteiger partial charge in [0.2, 0.25) is 0 Å². The normalized spacial score (nSPS) is 10.7. The zero-order valence-electron chi connectivity index (χ0n) is 5.34. The molecule has 0 radical (unpaired) electrons. The second kappa shape index (κ2) is 2.60. The minimum atomic E-state index is 0.784. The molecule has 56 valence electrons. The maximum atomic E-state index is 5.19. The van der Waals surface area contributed by atoms with E-state index in [1.165, 1.54) is 0 Å². The van der Waals surface area contributed by atoms with Crippen molar-refractivity contribution in [3.8, 4) is 0 Å². The molecule has 11 heavy (non-hydrogen) atoms. The molecule has 0 aliphatic heterocycles. The van der Waals surface area contributed by atoms with Crippen LogP contribution >= 0.6 is 31.9 Å². The third kappa shape index (κ3) is 1.10. The van der Waals surface area contributed by atoms with E-state index in [4.69, 9.17) is 4.42 Å². The molecule has 0 unspecified atom stereocenters. The molecule has 2 aromatic rings. The summed E-state index contributed by atoms with van der Waals surface area (Å²) in [5.74, 6) is 0. The first-order valence-corrected chi connectivity index (χ1v) is 4.54. The zero-order valence-corrected chi connectivity index (χ0v) is 8.52. The van der Waals surface area contributed by atoms with Gasteiger partial charge in [-0.3, -0.25) is 4.98 Å². The van der Waals surface area contributed by atoms with Crippen LogP contribution in [0.4, 0.5) is 0 Å². The van der Waals surface area contributed by atoms with E-state index in [1.54, 1.807) is 18.7 Å². The lowest BCUT2D eigenvalue weighted by Gasteiger charge is -1.90. The Hall–Kier alpha value is -0.350. The molecule has 0 aliphatic carbocycles. The average molecular weight is 277 g/mol. The molecule has 2 rings (SSSR count). The second-order valence-corrected chi connectivity index (χ2v) is 3.79. The molecule has 0 bridgehead atoms. The third-order valence-electron chi connectivity index (χ3n) is 1.39. The van der Waals surface area contributed by atoms with Crippen LogP contribution in [0.1, 0.15) is 0 Å². The van der Waals surface area contributed by atoms with Gasteiger partial charge in [0.25, 0.3) is 0 Å². The molecule has 4 heteroatoms. The predicted molar refractivity (Wildman–Crippen MR) is 49.4 cm³/mol. The number of aromatic nitrogens is 1. The summed E-state index contributed by atoms with van der Waals surface area (Å²) < 4.78 is 7.08. The molecule has 0 aromatic carbocycles. The van der Waals surface area contributed by atoms with Crippen LogP contribution in [0.3, 0.4) is 0 Å². The number of hydrogen-bond donors (Lipinski definition) is 0. The lowest BCUT2D eigenvalue weighted by Crippen LogP contribution is -1.71. The quantitative estimate of drug-likeness (QED) is 0.738. The highest BCUT2D eigenvalue weighted by molar-refractivity contribution is 9.11. The molecule has 0 atom stereocenters. The highest BCUT2D eigenvalue weighted by atomic mass is 79.9. The average Bonchev–Trinajstić information content (AvgIpc) is 2.34. The highest BCUT2D eigenvalue weighted by Gasteiger charge is 2.05. The van der Waals surface area contributed by atoms with Crippen LogP contribution in [0, 0.1) is 0 Å². The van der Waals surface area contributed by atoms with Crippen LogP contribution in [-0.4, -0.2) is 4.98 Å². The lowest BCUT2D eigenvalue weighted by atomic mass is 10.3. The number of fused-ring (bicyclic) bond motifs is 1. The molecule has 0 saturated carbocycles. The molecule has 0 N–H and O–H groups in total. The molecule has 0 aliphatic rings. The van der Waals surface area contributed by atoms with Crippen molar-refractivity contribution in [3.63, 3.8) is 0 Å². The summed E-state index contributed by atoms with van der Waals surface area (Å²) in [7, 11) is 0. The van der Waals surface area contributed by atoms with Gasteiger partial charge >= 0.3 is 0 Å². The Bertz CT molecular complexity index is 396. The smallest absolute Gasteiger partial charge is 0.154 e. The van der Waals surface area contributed by atoms with Crippen molar-refractivity contribution in [2.75, 3.05) is 0 Å². The van der Waals surface area contributed by atoms with E-state index < -0.39 is 0 Å². The standard InChI is InChI=1S/C7H3Br2NO/c8-4-1-10-2-6-7(4)5(9)3-11-6/h1-3H. The Balaban J connectivity index is 2.96. The summed E-state index contributed by atoms with van der Waals surface area (Å²) >= 11 is 6.74. The molecule has 0 amide bonds. The van der Waals surface area contributed by atoms with Crippen molar-refractivity contribution in [1.82, 2.24) is 4.98 Å². The maximum Gasteiger partial charge on any atom is 0.154 e. The number of hydrogen-bond acceptors (Lipinski definition) is 2. The summed E-state index contributed by atoms with van der Waals surface area (Å²) in [4.78, 5) is 3.96. The van der Waals surface area contributed by atoms with Gasteiger partial charge in [0.05, 0.1) is 16.1 Å². The van der Waals surface area contributed by atoms with Crippen molar-refractivity contribution < 1.29 is 4.42 Å². The summed E-state index contributed by atoms with van der Waals surface area (Å²) in [6.07, 6.45) is 5.07. The van der Waals surface area contributed by atoms with Gasteiger partial charge in [-0.2, -0.15) is 0 Å². The molecule has 2 aromatic heterocycles. The van der Waals surface area contributed by atoms with Gasteiger partial charge in [-0.15, -0.1) is 0 Å². The first-order valence-electron chi connectivity index (χ1n) is 2.95. The summed E-state index contributed by atoms with van der Waals surface area (Å²) in [5.41, 5.74) is 0.784. The lowest BCUT2D eigenvalue weighted by molar-refractivity contribution is 0.612. The van der Waals surface area contributed by atoms with Gasteiger partial charge in [0.15, 0.2) is 5.58 Å². The Kier molecular flexibility index (Phi) is 1.73. The Morgan fingerprint density at radius 3 is 2.73 bits per heavy atom. The fourth-order valence-electron chi connectivity index (χ4n) is 0.912. The number of furan rings is 1. The Morgan fingerprint density at radius 2 is 2.00 bits per heavy atom. The van der Waals surface area contributed by atoms with Gasteiger partial charge in [-0.25, -0.2) is 0 Å². The van der Waals surface area contributed by atoms with E-state index in [0.29, 0.717) is 0 Å². The Morgan fingerprint density at radius 1 is 1.18 bits per heavy atom. The van der Waals surface area contributed by atoms with Crippen molar-refractivity contribution in [3.05, 3.63) is 27.6 Å². The zero-order chi connectivity index (χ0) is 7.84. The van der Waals surface area contributed by atoms with Gasteiger partial charge in [0.1, 0.15) is 6.26 Å². The Labute approximate surface area is 79.9 Å². The SMILES string of the molecule is Brc1cncc2occ(Br)c12. The predicted octanol–water partition coefficient (Wildman–Crippen LogP) is 3.35. The van der Waals surface area contributed by atoms with Crippen LogP contribution in [0.25, 0.3) is 11.0 Å². The molecule has 2 nitrogen and oxygen atoms in total. The minimum Gasteiger partial charge on any atom is -0.461 e. The van der Waals surface area contributed by atoms with Gasteiger partial charge in [-0.1, -0.05) is 0 Å². The topological polar surface area (TPSA) is 26.0 Å². The number of nitrogens with zero attached hydrogens (tertiary/aromatic N) is 1. The molecular formula is C7H3Br2NO. The first kappa shape index (κ1) is 7.31. The van der Waals surface area contributed by atoms with Crippen LogP contribution in [-0.2, 0) is 0 Å². The van der Waals surface area contributed by atoms with Crippen LogP contribution in [0.5, 0.6) is 0 Å². The number of halogens is 2. The van der Waals surface area contributed by atoms with E-state index in [9.17, 15) is 0 Å². The molecule has 0 fully saturated rings. The molecule has 0 spiro atoms. The molecule has 2 heterocycles. The van der Waals surface area contributed by atoms with Crippen molar-refractivity contribution >= 4 is 42.8 Å². The van der Waals surface area contributed by atoms with Crippen LogP contribution < -0.4 is 0 Å². The van der Waals surface area contributed by atoms with Crippen LogP contribution in [0.2, 0.25) is 0 Å². The molecular weight excluding hydrogens is 274 g/mol. The summed E-state index contributed by atoms with van der Waals surface area (Å²) in [6.45, 7) is 0. The van der Waals surface area contributed by atoms with E-state index in [0.717, 1.165) is 19.9 Å². The molecule has 0 saturated heterocycles.